The molecule has 4 aromatic rings. The molecule has 0 bridgehead atoms. The topological polar surface area (TPSA) is 91.0 Å². The van der Waals surface area contributed by atoms with Crippen LogP contribution in [0.25, 0.3) is 22.3 Å². The molecule has 0 spiro atoms. The lowest BCUT2D eigenvalue weighted by molar-refractivity contribution is -0.390. The van der Waals surface area contributed by atoms with Crippen molar-refractivity contribution in [3.8, 4) is 23.0 Å². The van der Waals surface area contributed by atoms with E-state index in [2.05, 4.69) is 15.0 Å². The highest BCUT2D eigenvalue weighted by molar-refractivity contribution is 5.85. The Kier molecular flexibility index (Phi) is 3.95. The first kappa shape index (κ1) is 15.6. The molecule has 0 amide bonds. The predicted molar refractivity (Wildman–Crippen MR) is 95.9 cm³/mol. The number of ether oxygens (including phenoxy) is 1. The first-order chi connectivity index (χ1) is 12.7. The lowest BCUT2D eigenvalue weighted by Gasteiger charge is -2.10. The summed E-state index contributed by atoms with van der Waals surface area (Å²) in [6, 6.07) is 19.9. The maximum Gasteiger partial charge on any atom is 0.406 e. The lowest BCUT2D eigenvalue weighted by atomic mass is 10.2. The van der Waals surface area contributed by atoms with Crippen molar-refractivity contribution in [2.45, 2.75) is 0 Å². The van der Waals surface area contributed by atoms with Crippen LogP contribution in [0.2, 0.25) is 0 Å². The summed E-state index contributed by atoms with van der Waals surface area (Å²) in [6.45, 7) is 0. The van der Waals surface area contributed by atoms with Crippen LogP contribution in [0.5, 0.6) is 11.6 Å². The van der Waals surface area contributed by atoms with Crippen molar-refractivity contribution in [3.05, 3.63) is 83.0 Å². The number of rotatable bonds is 4. The van der Waals surface area contributed by atoms with Gasteiger partial charge in [-0.3, -0.25) is 0 Å². The summed E-state index contributed by atoms with van der Waals surface area (Å²) >= 11 is 0. The standard InChI is InChI=1S/C19H12N4O3/c24-23(25)18-16(11-6-12-20-18)26-19-14-9-4-5-10-15(14)21-17(22-19)13-7-2-1-3-8-13/h1-12H. The number of aromatic nitrogens is 3. The average Bonchev–Trinajstić information content (AvgIpc) is 2.69. The Morgan fingerprint density at radius 2 is 1.65 bits per heavy atom. The highest BCUT2D eigenvalue weighted by atomic mass is 16.6. The fraction of sp³-hybridized carbons (Fsp3) is 0. The van der Waals surface area contributed by atoms with E-state index in [1.54, 1.807) is 6.07 Å². The van der Waals surface area contributed by atoms with Crippen LogP contribution in [-0.2, 0) is 0 Å². The molecule has 2 heterocycles. The van der Waals surface area contributed by atoms with Gasteiger partial charge in [0.2, 0.25) is 11.6 Å². The number of hydrogen-bond acceptors (Lipinski definition) is 6. The molecule has 0 fully saturated rings. The number of pyridine rings is 1. The molecule has 7 heteroatoms. The van der Waals surface area contributed by atoms with Crippen LogP contribution in [-0.4, -0.2) is 19.9 Å². The van der Waals surface area contributed by atoms with Crippen molar-refractivity contribution < 1.29 is 9.66 Å². The molecule has 0 unspecified atom stereocenters. The lowest BCUT2D eigenvalue weighted by Crippen LogP contribution is -1.99. The second-order valence-corrected chi connectivity index (χ2v) is 5.42. The van der Waals surface area contributed by atoms with Gasteiger partial charge in [-0.1, -0.05) is 42.5 Å². The molecule has 4 rings (SSSR count). The van der Waals surface area contributed by atoms with Crippen LogP contribution in [0.3, 0.4) is 0 Å². The van der Waals surface area contributed by atoms with Gasteiger partial charge in [-0.15, -0.1) is 0 Å². The third-order valence-corrected chi connectivity index (χ3v) is 3.73. The second kappa shape index (κ2) is 6.56. The van der Waals surface area contributed by atoms with E-state index in [0.717, 1.165) is 5.56 Å². The van der Waals surface area contributed by atoms with Crippen molar-refractivity contribution in [2.75, 3.05) is 0 Å². The number of benzene rings is 2. The van der Waals surface area contributed by atoms with Gasteiger partial charge in [0.1, 0.15) is 6.20 Å². The number of fused-ring (bicyclic) bond motifs is 1. The van der Waals surface area contributed by atoms with Gasteiger partial charge in [0.05, 0.1) is 10.9 Å². The Balaban J connectivity index is 1.88. The van der Waals surface area contributed by atoms with E-state index in [0.29, 0.717) is 16.7 Å². The zero-order valence-corrected chi connectivity index (χ0v) is 13.4. The van der Waals surface area contributed by atoms with E-state index < -0.39 is 4.92 Å². The minimum Gasteiger partial charge on any atom is -0.429 e. The van der Waals surface area contributed by atoms with E-state index in [1.165, 1.54) is 12.3 Å². The Hall–Kier alpha value is -3.87. The van der Waals surface area contributed by atoms with Crippen LogP contribution in [0.1, 0.15) is 0 Å². The number of nitro groups is 1. The largest absolute Gasteiger partial charge is 0.429 e. The zero-order valence-electron chi connectivity index (χ0n) is 13.4. The molecule has 0 radical (unpaired) electrons. The van der Waals surface area contributed by atoms with Gasteiger partial charge in [0, 0.05) is 5.56 Å². The van der Waals surface area contributed by atoms with E-state index in [4.69, 9.17) is 4.74 Å². The minimum atomic E-state index is -0.586. The van der Waals surface area contributed by atoms with E-state index in [-0.39, 0.29) is 17.4 Å². The van der Waals surface area contributed by atoms with Crippen molar-refractivity contribution >= 4 is 16.7 Å². The van der Waals surface area contributed by atoms with E-state index in [1.807, 2.05) is 54.6 Å². The summed E-state index contributed by atoms with van der Waals surface area (Å²) in [4.78, 5) is 23.4. The molecule has 2 aromatic carbocycles. The highest BCUT2D eigenvalue weighted by Crippen LogP contribution is 2.33. The fourth-order valence-corrected chi connectivity index (χ4v) is 2.54. The van der Waals surface area contributed by atoms with Crippen LogP contribution in [0, 0.1) is 10.1 Å². The molecule has 0 aliphatic heterocycles. The molecule has 0 saturated carbocycles. The SMILES string of the molecule is O=[N+]([O-])c1ncccc1Oc1nc(-c2ccccc2)nc2ccccc12. The molecule has 0 saturated heterocycles. The molecule has 0 N–H and O–H groups in total. The zero-order chi connectivity index (χ0) is 17.9. The van der Waals surface area contributed by atoms with Crippen LogP contribution < -0.4 is 4.74 Å². The van der Waals surface area contributed by atoms with Crippen molar-refractivity contribution in [2.24, 2.45) is 0 Å². The fourth-order valence-electron chi connectivity index (χ4n) is 2.54. The summed E-state index contributed by atoms with van der Waals surface area (Å²) in [5.74, 6) is 0.383. The van der Waals surface area contributed by atoms with Gasteiger partial charge < -0.3 is 14.9 Å². The maximum absolute atomic E-state index is 11.2. The summed E-state index contributed by atoms with van der Waals surface area (Å²) < 4.78 is 5.79. The van der Waals surface area contributed by atoms with Crippen molar-refractivity contribution in [3.63, 3.8) is 0 Å². The van der Waals surface area contributed by atoms with Crippen molar-refractivity contribution in [1.82, 2.24) is 15.0 Å². The number of para-hydroxylation sites is 1. The number of hydrogen-bond donors (Lipinski definition) is 0. The molecule has 2 aromatic heterocycles. The second-order valence-electron chi connectivity index (χ2n) is 5.42. The minimum absolute atomic E-state index is 0.0281. The quantitative estimate of drug-likeness (QED) is 0.403. The third kappa shape index (κ3) is 2.93. The van der Waals surface area contributed by atoms with E-state index in [9.17, 15) is 10.1 Å². The molecular weight excluding hydrogens is 332 g/mol. The first-order valence-electron chi connectivity index (χ1n) is 7.82. The van der Waals surface area contributed by atoms with Gasteiger partial charge in [-0.05, 0) is 34.2 Å². The van der Waals surface area contributed by atoms with Gasteiger partial charge >= 0.3 is 5.82 Å². The molecule has 0 aliphatic rings. The van der Waals surface area contributed by atoms with Gasteiger partial charge in [-0.25, -0.2) is 4.98 Å². The molecule has 7 nitrogen and oxygen atoms in total. The Bertz CT molecular complexity index is 1100. The summed E-state index contributed by atoms with van der Waals surface area (Å²) in [7, 11) is 0. The first-order valence-corrected chi connectivity index (χ1v) is 7.82. The van der Waals surface area contributed by atoms with E-state index >= 15 is 0 Å². The summed E-state index contributed by atoms with van der Waals surface area (Å²) in [5.41, 5.74) is 1.51. The monoisotopic (exact) mass is 344 g/mol. The molecular formula is C19H12N4O3. The maximum atomic E-state index is 11.2. The summed E-state index contributed by atoms with van der Waals surface area (Å²) in [6.07, 6.45) is 1.35. The normalized spacial score (nSPS) is 10.6. The Morgan fingerprint density at radius 3 is 2.46 bits per heavy atom. The summed E-state index contributed by atoms with van der Waals surface area (Å²) in [5, 5.41) is 11.9. The van der Waals surface area contributed by atoms with Gasteiger partial charge in [0.15, 0.2) is 5.82 Å². The van der Waals surface area contributed by atoms with Crippen LogP contribution in [0.15, 0.2) is 72.9 Å². The Morgan fingerprint density at radius 1 is 0.885 bits per heavy atom. The van der Waals surface area contributed by atoms with Gasteiger partial charge in [-0.2, -0.15) is 4.98 Å². The predicted octanol–water partition coefficient (Wildman–Crippen LogP) is 4.39. The van der Waals surface area contributed by atoms with Crippen molar-refractivity contribution in [1.29, 1.82) is 0 Å². The highest BCUT2D eigenvalue weighted by Gasteiger charge is 2.19. The average molecular weight is 344 g/mol. The van der Waals surface area contributed by atoms with Gasteiger partial charge in [0.25, 0.3) is 0 Å². The Labute approximate surface area is 148 Å². The molecule has 0 aliphatic carbocycles. The van der Waals surface area contributed by atoms with Crippen LogP contribution in [0.4, 0.5) is 5.82 Å². The van der Waals surface area contributed by atoms with Crippen LogP contribution >= 0.6 is 0 Å². The third-order valence-electron chi connectivity index (χ3n) is 3.73. The number of nitrogens with zero attached hydrogens (tertiary/aromatic N) is 4. The molecule has 0 atom stereocenters. The molecule has 26 heavy (non-hydrogen) atoms. The molecule has 126 valence electrons. The smallest absolute Gasteiger partial charge is 0.406 e.